The van der Waals surface area contributed by atoms with E-state index in [1.807, 2.05) is 30.3 Å². The number of aliphatic carboxylic acids is 1. The number of carboxylic acids is 1. The van der Waals surface area contributed by atoms with Gasteiger partial charge in [-0.3, -0.25) is 9.97 Å². The zero-order valence-corrected chi connectivity index (χ0v) is 18.0. The van der Waals surface area contributed by atoms with Gasteiger partial charge >= 0.3 is 5.97 Å². The molecule has 0 aliphatic rings. The van der Waals surface area contributed by atoms with E-state index in [1.165, 1.54) is 0 Å². The van der Waals surface area contributed by atoms with Crippen LogP contribution in [0, 0.1) is 0 Å². The summed E-state index contributed by atoms with van der Waals surface area (Å²) in [7, 11) is 0. The average Bonchev–Trinajstić information content (AvgIpc) is 2.75. The molecule has 0 aliphatic heterocycles. The van der Waals surface area contributed by atoms with E-state index in [9.17, 15) is 9.90 Å². The highest BCUT2D eigenvalue weighted by molar-refractivity contribution is 6.31. The molecule has 4 aromatic rings. The van der Waals surface area contributed by atoms with E-state index in [0.717, 1.165) is 27.7 Å². The molecule has 0 bridgehead atoms. The number of benzene rings is 2. The van der Waals surface area contributed by atoms with Gasteiger partial charge in [0.15, 0.2) is 0 Å². The minimum absolute atomic E-state index is 0.453. The minimum Gasteiger partial charge on any atom is -0.480 e. The number of nitrogens with zero attached hydrogens (tertiary/aromatic N) is 2. The van der Waals surface area contributed by atoms with Crippen molar-refractivity contribution in [2.75, 3.05) is 17.2 Å². The maximum absolute atomic E-state index is 11.8. The lowest BCUT2D eigenvalue weighted by molar-refractivity contribution is -0.138. The molecule has 31 heavy (non-hydrogen) atoms. The van der Waals surface area contributed by atoms with Crippen LogP contribution in [0.25, 0.3) is 21.8 Å². The Morgan fingerprint density at radius 3 is 2.10 bits per heavy atom. The zero-order chi connectivity index (χ0) is 21.8. The predicted octanol–water partition coefficient (Wildman–Crippen LogP) is 5.85. The van der Waals surface area contributed by atoms with Gasteiger partial charge in [-0.15, -0.1) is 0 Å². The summed E-state index contributed by atoms with van der Waals surface area (Å²) in [5, 5.41) is 19.2. The molecule has 2 heterocycles. The first-order valence-electron chi connectivity index (χ1n) is 9.83. The van der Waals surface area contributed by atoms with Gasteiger partial charge in [0.25, 0.3) is 0 Å². The first-order valence-corrected chi connectivity index (χ1v) is 10.6. The maximum atomic E-state index is 11.8. The molecule has 0 radical (unpaired) electrons. The van der Waals surface area contributed by atoms with Gasteiger partial charge in [-0.05, 0) is 61.4 Å². The van der Waals surface area contributed by atoms with Crippen molar-refractivity contribution >= 4 is 62.4 Å². The number of anilines is 2. The Balaban J connectivity index is 1.41. The topological polar surface area (TPSA) is 87.1 Å². The predicted molar refractivity (Wildman–Crippen MR) is 126 cm³/mol. The lowest BCUT2D eigenvalue weighted by Gasteiger charge is -2.17. The number of nitrogens with one attached hydrogen (secondary N) is 2. The van der Waals surface area contributed by atoms with Gasteiger partial charge < -0.3 is 15.7 Å². The molecule has 6 nitrogen and oxygen atoms in total. The van der Waals surface area contributed by atoms with Crippen molar-refractivity contribution in [1.29, 1.82) is 0 Å². The second kappa shape index (κ2) is 9.37. The molecule has 0 saturated carbocycles. The van der Waals surface area contributed by atoms with Crippen molar-refractivity contribution in [2.24, 2.45) is 0 Å². The summed E-state index contributed by atoms with van der Waals surface area (Å²) < 4.78 is 0. The summed E-state index contributed by atoms with van der Waals surface area (Å²) >= 11 is 12.1. The maximum Gasteiger partial charge on any atom is 0.326 e. The summed E-state index contributed by atoms with van der Waals surface area (Å²) in [6.07, 6.45) is 4.48. The van der Waals surface area contributed by atoms with Gasteiger partial charge in [-0.1, -0.05) is 23.2 Å². The third-order valence-corrected chi connectivity index (χ3v) is 5.49. The Morgan fingerprint density at radius 2 is 1.48 bits per heavy atom. The lowest BCUT2D eigenvalue weighted by atomic mass is 10.1. The number of carboxylic acid groups (broad SMARTS) is 1. The van der Waals surface area contributed by atoms with Crippen LogP contribution in [-0.2, 0) is 4.79 Å². The number of hydrogen-bond acceptors (Lipinski definition) is 5. The molecular formula is C23H20Cl2N4O2. The summed E-state index contributed by atoms with van der Waals surface area (Å²) in [4.78, 5) is 20.5. The van der Waals surface area contributed by atoms with Crippen molar-refractivity contribution in [3.8, 4) is 0 Å². The van der Waals surface area contributed by atoms with Crippen LogP contribution < -0.4 is 10.6 Å². The van der Waals surface area contributed by atoms with Crippen molar-refractivity contribution in [3.63, 3.8) is 0 Å². The summed E-state index contributed by atoms with van der Waals surface area (Å²) in [5.74, 6) is -0.900. The first-order chi connectivity index (χ1) is 15.0. The third kappa shape index (κ3) is 4.98. The SMILES string of the molecule is O=C(O)[C@H](CCCNc1ccnc2cc(Cl)ccc12)Nc1ccnc2cc(Cl)ccc12. The first kappa shape index (κ1) is 21.2. The molecule has 0 unspecified atom stereocenters. The second-order valence-electron chi connectivity index (χ2n) is 7.14. The monoisotopic (exact) mass is 454 g/mol. The summed E-state index contributed by atoms with van der Waals surface area (Å²) in [5.41, 5.74) is 3.19. The van der Waals surface area contributed by atoms with Crippen molar-refractivity contribution < 1.29 is 9.90 Å². The second-order valence-corrected chi connectivity index (χ2v) is 8.02. The molecule has 0 fully saturated rings. The fourth-order valence-corrected chi connectivity index (χ4v) is 3.83. The molecular weight excluding hydrogens is 435 g/mol. The Kier molecular flexibility index (Phi) is 6.39. The van der Waals surface area contributed by atoms with Gasteiger partial charge in [-0.25, -0.2) is 4.79 Å². The van der Waals surface area contributed by atoms with E-state index >= 15 is 0 Å². The number of hydrogen-bond donors (Lipinski definition) is 3. The molecule has 0 spiro atoms. The number of aromatic nitrogens is 2. The molecule has 8 heteroatoms. The van der Waals surface area contributed by atoms with Crippen molar-refractivity contribution in [3.05, 3.63) is 71.0 Å². The highest BCUT2D eigenvalue weighted by Crippen LogP contribution is 2.26. The van der Waals surface area contributed by atoms with Crippen molar-refractivity contribution in [1.82, 2.24) is 9.97 Å². The molecule has 0 amide bonds. The van der Waals surface area contributed by atoms with Crippen LogP contribution in [0.3, 0.4) is 0 Å². The van der Waals surface area contributed by atoms with E-state index in [1.54, 1.807) is 30.6 Å². The van der Waals surface area contributed by atoms with E-state index in [0.29, 0.717) is 34.9 Å². The summed E-state index contributed by atoms with van der Waals surface area (Å²) in [6, 6.07) is 13.9. The molecule has 0 saturated heterocycles. The largest absolute Gasteiger partial charge is 0.480 e. The molecule has 2 aromatic carbocycles. The Hall–Kier alpha value is -3.09. The molecule has 3 N–H and O–H groups in total. The Labute approximate surface area is 189 Å². The van der Waals surface area contributed by atoms with Crippen LogP contribution in [0.2, 0.25) is 10.0 Å². The highest BCUT2D eigenvalue weighted by Gasteiger charge is 2.18. The van der Waals surface area contributed by atoms with E-state index < -0.39 is 12.0 Å². The van der Waals surface area contributed by atoms with Crippen molar-refractivity contribution in [2.45, 2.75) is 18.9 Å². The number of fused-ring (bicyclic) bond motifs is 2. The van der Waals surface area contributed by atoms with Crippen LogP contribution in [0.5, 0.6) is 0 Å². The van der Waals surface area contributed by atoms with E-state index in [4.69, 9.17) is 23.2 Å². The quantitative estimate of drug-likeness (QED) is 0.289. The Bertz CT molecular complexity index is 1250. The van der Waals surface area contributed by atoms with Gasteiger partial charge in [-0.2, -0.15) is 0 Å². The minimum atomic E-state index is -0.900. The third-order valence-electron chi connectivity index (χ3n) is 5.02. The molecule has 0 aliphatic carbocycles. The zero-order valence-electron chi connectivity index (χ0n) is 16.5. The van der Waals surface area contributed by atoms with Gasteiger partial charge in [0.1, 0.15) is 6.04 Å². The fourth-order valence-electron chi connectivity index (χ4n) is 3.50. The normalized spacial score (nSPS) is 12.1. The fraction of sp³-hybridized carbons (Fsp3) is 0.174. The number of carbonyl (C=O) groups is 1. The number of rotatable bonds is 8. The number of halogens is 2. The molecule has 2 aromatic heterocycles. The standard InChI is InChI=1S/C23H20Cl2N4O2/c24-14-3-5-16-18(7-10-27-21(16)12-14)26-9-1-2-20(23(30)31)29-19-8-11-28-22-13-15(25)4-6-17(19)22/h3-8,10-13,20H,1-2,9H2,(H,26,27)(H,28,29)(H,30,31)/t20-/m0/s1. The average molecular weight is 455 g/mol. The van der Waals surface area contributed by atoms with Crippen LogP contribution in [0.4, 0.5) is 11.4 Å². The van der Waals surface area contributed by atoms with Gasteiger partial charge in [0, 0.05) is 51.1 Å². The van der Waals surface area contributed by atoms with E-state index in [2.05, 4.69) is 20.6 Å². The van der Waals surface area contributed by atoms with E-state index in [-0.39, 0.29) is 0 Å². The molecule has 4 rings (SSSR count). The summed E-state index contributed by atoms with van der Waals surface area (Å²) in [6.45, 7) is 0.625. The van der Waals surface area contributed by atoms with Crippen LogP contribution in [0.1, 0.15) is 12.8 Å². The lowest BCUT2D eigenvalue weighted by Crippen LogP contribution is -2.29. The Morgan fingerprint density at radius 1 is 0.903 bits per heavy atom. The smallest absolute Gasteiger partial charge is 0.326 e. The highest BCUT2D eigenvalue weighted by atomic mass is 35.5. The molecule has 158 valence electrons. The van der Waals surface area contributed by atoms with Crippen LogP contribution >= 0.6 is 23.2 Å². The van der Waals surface area contributed by atoms with Gasteiger partial charge in [0.05, 0.1) is 11.0 Å². The van der Waals surface area contributed by atoms with Gasteiger partial charge in [0.2, 0.25) is 0 Å². The van der Waals surface area contributed by atoms with Crippen LogP contribution in [0.15, 0.2) is 60.9 Å². The number of pyridine rings is 2. The molecule has 1 atom stereocenters. The van der Waals surface area contributed by atoms with Crippen LogP contribution in [-0.4, -0.2) is 33.6 Å².